The zero-order valence-electron chi connectivity index (χ0n) is 16.4. The molecule has 2 heterocycles. The molecule has 0 radical (unpaired) electrons. The van der Waals surface area contributed by atoms with E-state index in [2.05, 4.69) is 10.3 Å². The number of benzene rings is 1. The number of carbonyl (C=O) groups excluding carboxylic acids is 3. The Kier molecular flexibility index (Phi) is 5.73. The lowest BCUT2D eigenvalue weighted by atomic mass is 10.1. The van der Waals surface area contributed by atoms with Crippen LogP contribution in [0.2, 0.25) is 0 Å². The van der Waals surface area contributed by atoms with Gasteiger partial charge in [-0.15, -0.1) is 0 Å². The molecule has 3 rings (SSSR count). The Morgan fingerprint density at radius 2 is 1.61 bits per heavy atom. The third kappa shape index (κ3) is 4.19. The third-order valence-corrected chi connectivity index (χ3v) is 5.11. The number of hydrogen-bond acceptors (Lipinski definition) is 4. The molecule has 1 aliphatic heterocycles. The van der Waals surface area contributed by atoms with Gasteiger partial charge in [-0.2, -0.15) is 0 Å². The summed E-state index contributed by atoms with van der Waals surface area (Å²) in [6.07, 6.45) is 2.92. The van der Waals surface area contributed by atoms with Gasteiger partial charge < -0.3 is 15.1 Å². The third-order valence-electron chi connectivity index (χ3n) is 5.11. The number of nitrogens with zero attached hydrogens (tertiary/aromatic N) is 3. The van der Waals surface area contributed by atoms with Crippen molar-refractivity contribution in [3.8, 4) is 0 Å². The summed E-state index contributed by atoms with van der Waals surface area (Å²) in [6, 6.07) is 7.28. The minimum absolute atomic E-state index is 0.0128. The number of piperazine rings is 1. The predicted octanol–water partition coefficient (Wildman–Crippen LogP) is 2.26. The molecular formula is C21H24N4O3. The summed E-state index contributed by atoms with van der Waals surface area (Å²) in [6.45, 7) is 7.43. The highest BCUT2D eigenvalue weighted by atomic mass is 16.2. The minimum atomic E-state index is -0.308. The normalized spacial score (nSPS) is 14.0. The van der Waals surface area contributed by atoms with Crippen molar-refractivity contribution < 1.29 is 14.4 Å². The first-order valence-electron chi connectivity index (χ1n) is 9.24. The number of hydrogen-bond donors (Lipinski definition) is 1. The summed E-state index contributed by atoms with van der Waals surface area (Å²) in [7, 11) is 0. The van der Waals surface area contributed by atoms with Crippen molar-refractivity contribution in [1.29, 1.82) is 0 Å². The summed E-state index contributed by atoms with van der Waals surface area (Å²) in [5, 5.41) is 2.88. The van der Waals surface area contributed by atoms with Gasteiger partial charge in [0.1, 0.15) is 0 Å². The molecule has 1 N–H and O–H groups in total. The van der Waals surface area contributed by atoms with Crippen molar-refractivity contribution in [3.05, 3.63) is 58.9 Å². The van der Waals surface area contributed by atoms with E-state index in [1.54, 1.807) is 15.9 Å². The molecule has 3 amide bonds. The molecule has 7 heteroatoms. The molecule has 0 unspecified atom stereocenters. The highest BCUT2D eigenvalue weighted by molar-refractivity contribution is 6.06. The van der Waals surface area contributed by atoms with Crippen molar-refractivity contribution in [2.24, 2.45) is 0 Å². The van der Waals surface area contributed by atoms with Gasteiger partial charge in [-0.05, 0) is 37.1 Å². The van der Waals surface area contributed by atoms with Crippen LogP contribution >= 0.6 is 0 Å². The fourth-order valence-corrected chi connectivity index (χ4v) is 3.17. The molecule has 28 heavy (non-hydrogen) atoms. The Morgan fingerprint density at radius 1 is 0.964 bits per heavy atom. The Morgan fingerprint density at radius 3 is 2.29 bits per heavy atom. The summed E-state index contributed by atoms with van der Waals surface area (Å²) in [5.74, 6) is -0.479. The van der Waals surface area contributed by atoms with E-state index in [-0.39, 0.29) is 17.7 Å². The molecule has 1 saturated heterocycles. The monoisotopic (exact) mass is 380 g/mol. The first-order chi connectivity index (χ1) is 13.4. The largest absolute Gasteiger partial charge is 0.339 e. The van der Waals surface area contributed by atoms with Gasteiger partial charge in [0.15, 0.2) is 0 Å². The first-order valence-corrected chi connectivity index (χ1v) is 9.24. The van der Waals surface area contributed by atoms with Crippen LogP contribution in [-0.2, 0) is 4.79 Å². The number of anilines is 1. The van der Waals surface area contributed by atoms with E-state index in [0.717, 1.165) is 16.8 Å². The topological polar surface area (TPSA) is 82.6 Å². The van der Waals surface area contributed by atoms with Gasteiger partial charge in [0.2, 0.25) is 5.91 Å². The summed E-state index contributed by atoms with van der Waals surface area (Å²) < 4.78 is 0. The molecule has 0 atom stereocenters. The summed E-state index contributed by atoms with van der Waals surface area (Å²) in [4.78, 5) is 44.3. The van der Waals surface area contributed by atoms with Gasteiger partial charge in [0.25, 0.3) is 11.8 Å². The standard InChI is InChI=1S/C21H24N4O3/c1-14-5-4-6-19(15(14)2)23-20(27)17-11-18(13-22-12-17)21(28)25-9-7-24(8-10-25)16(3)26/h4-6,11-13H,7-10H2,1-3H3,(H,23,27). The minimum Gasteiger partial charge on any atom is -0.339 e. The van der Waals surface area contributed by atoms with Crippen LogP contribution in [0.1, 0.15) is 38.8 Å². The predicted molar refractivity (Wildman–Crippen MR) is 106 cm³/mol. The number of amides is 3. The number of aromatic nitrogens is 1. The maximum atomic E-state index is 12.8. The van der Waals surface area contributed by atoms with Crippen molar-refractivity contribution in [2.45, 2.75) is 20.8 Å². The van der Waals surface area contributed by atoms with Crippen LogP contribution in [-0.4, -0.2) is 58.7 Å². The van der Waals surface area contributed by atoms with E-state index >= 15 is 0 Å². The second kappa shape index (κ2) is 8.21. The molecule has 146 valence electrons. The van der Waals surface area contributed by atoms with Crippen molar-refractivity contribution in [1.82, 2.24) is 14.8 Å². The fraction of sp³-hybridized carbons (Fsp3) is 0.333. The highest BCUT2D eigenvalue weighted by Gasteiger charge is 2.24. The van der Waals surface area contributed by atoms with E-state index in [1.807, 2.05) is 32.0 Å². The number of pyridine rings is 1. The maximum Gasteiger partial charge on any atom is 0.257 e. The number of nitrogens with one attached hydrogen (secondary N) is 1. The highest BCUT2D eigenvalue weighted by Crippen LogP contribution is 2.19. The smallest absolute Gasteiger partial charge is 0.257 e. The van der Waals surface area contributed by atoms with Crippen LogP contribution in [0.5, 0.6) is 0 Å². The van der Waals surface area contributed by atoms with Crippen LogP contribution in [0, 0.1) is 13.8 Å². The van der Waals surface area contributed by atoms with Crippen LogP contribution in [0.4, 0.5) is 5.69 Å². The van der Waals surface area contributed by atoms with Gasteiger partial charge in [-0.25, -0.2) is 0 Å². The molecule has 1 aliphatic rings. The quantitative estimate of drug-likeness (QED) is 0.885. The van der Waals surface area contributed by atoms with Gasteiger partial charge in [-0.1, -0.05) is 12.1 Å². The van der Waals surface area contributed by atoms with E-state index in [1.165, 1.54) is 19.3 Å². The second-order valence-electron chi connectivity index (χ2n) is 6.96. The van der Waals surface area contributed by atoms with E-state index in [0.29, 0.717) is 37.3 Å². The van der Waals surface area contributed by atoms with Crippen LogP contribution in [0.3, 0.4) is 0 Å². The summed E-state index contributed by atoms with van der Waals surface area (Å²) >= 11 is 0. The molecule has 0 spiro atoms. The van der Waals surface area contributed by atoms with Gasteiger partial charge in [-0.3, -0.25) is 19.4 Å². The zero-order chi connectivity index (χ0) is 20.3. The molecule has 0 bridgehead atoms. The molecular weight excluding hydrogens is 356 g/mol. The Labute approximate surface area is 164 Å². The fourth-order valence-electron chi connectivity index (χ4n) is 3.17. The lowest BCUT2D eigenvalue weighted by Crippen LogP contribution is -2.50. The van der Waals surface area contributed by atoms with E-state index < -0.39 is 0 Å². The molecule has 1 fully saturated rings. The first kappa shape index (κ1) is 19.5. The number of aryl methyl sites for hydroxylation is 1. The molecule has 1 aromatic carbocycles. The lowest BCUT2D eigenvalue weighted by Gasteiger charge is -2.34. The number of rotatable bonds is 3. The van der Waals surface area contributed by atoms with Crippen LogP contribution < -0.4 is 5.32 Å². The molecule has 2 aromatic rings. The maximum absolute atomic E-state index is 12.8. The Balaban J connectivity index is 1.71. The van der Waals surface area contributed by atoms with Gasteiger partial charge >= 0.3 is 0 Å². The van der Waals surface area contributed by atoms with Crippen molar-refractivity contribution >= 4 is 23.4 Å². The lowest BCUT2D eigenvalue weighted by molar-refractivity contribution is -0.130. The van der Waals surface area contributed by atoms with Crippen LogP contribution in [0.25, 0.3) is 0 Å². The van der Waals surface area contributed by atoms with Crippen molar-refractivity contribution in [2.75, 3.05) is 31.5 Å². The average molecular weight is 380 g/mol. The van der Waals surface area contributed by atoms with Crippen molar-refractivity contribution in [3.63, 3.8) is 0 Å². The summed E-state index contributed by atoms with van der Waals surface area (Å²) in [5.41, 5.74) is 3.52. The van der Waals surface area contributed by atoms with E-state index in [9.17, 15) is 14.4 Å². The Bertz CT molecular complexity index is 918. The zero-order valence-corrected chi connectivity index (χ0v) is 16.4. The second-order valence-corrected chi connectivity index (χ2v) is 6.96. The van der Waals surface area contributed by atoms with Crippen LogP contribution in [0.15, 0.2) is 36.7 Å². The Hall–Kier alpha value is -3.22. The molecule has 1 aromatic heterocycles. The molecule has 0 saturated carbocycles. The SMILES string of the molecule is CC(=O)N1CCN(C(=O)c2cncc(C(=O)Nc3cccc(C)c3C)c2)CC1. The van der Waals surface area contributed by atoms with E-state index in [4.69, 9.17) is 0 Å². The molecule has 7 nitrogen and oxygen atoms in total. The number of carbonyl (C=O) groups is 3. The van der Waals surface area contributed by atoms with Gasteiger partial charge in [0, 0.05) is 51.2 Å². The molecule has 0 aliphatic carbocycles. The average Bonchev–Trinajstić information content (AvgIpc) is 2.71. The van der Waals surface area contributed by atoms with Gasteiger partial charge in [0.05, 0.1) is 11.1 Å².